The molecule has 5 aliphatic carbocycles. The summed E-state index contributed by atoms with van der Waals surface area (Å²) in [7, 11) is -2.51. The van der Waals surface area contributed by atoms with Gasteiger partial charge in [0.2, 0.25) is 0 Å². The smallest absolute Gasteiger partial charge is 0.358 e. The second kappa shape index (κ2) is 19.2. The van der Waals surface area contributed by atoms with Gasteiger partial charge in [-0.25, -0.2) is 0 Å². The second-order valence-electron chi connectivity index (χ2n) is 16.3. The molecule has 0 aliphatic heterocycles. The largest absolute Gasteiger partial charge is 4.00 e. The Hall–Kier alpha value is -1.28. The van der Waals surface area contributed by atoms with Crippen molar-refractivity contribution in [3.8, 4) is 0 Å². The van der Waals surface area contributed by atoms with Crippen molar-refractivity contribution in [2.75, 3.05) is 0 Å². The van der Waals surface area contributed by atoms with Gasteiger partial charge in [-0.2, -0.15) is 0 Å². The third-order valence-corrected chi connectivity index (χ3v) is 28.4. The molecule has 4 saturated carbocycles. The Labute approximate surface area is 331 Å². The summed E-state index contributed by atoms with van der Waals surface area (Å²) in [5.74, 6) is 7.14. The molecule has 268 valence electrons. The molecule has 0 aromatic heterocycles. The van der Waals surface area contributed by atoms with Gasteiger partial charge in [0.05, 0.1) is 16.6 Å². The molecule has 0 saturated heterocycles. The molecule has 3 heteroatoms. The minimum absolute atomic E-state index is 0. The molecule has 0 radical (unpaired) electrons. The van der Waals surface area contributed by atoms with Crippen LogP contribution < -0.4 is 10.4 Å². The van der Waals surface area contributed by atoms with Crippen LogP contribution in [-0.2, 0) is 26.2 Å². The predicted octanol–water partition coefficient (Wildman–Crippen LogP) is 11.4. The minimum Gasteiger partial charge on any atom is -0.358 e. The van der Waals surface area contributed by atoms with Gasteiger partial charge < -0.3 is 29.7 Å². The molecule has 0 heterocycles. The normalized spacial score (nSPS) is 32.8. The Morgan fingerprint density at radius 3 is 2.02 bits per heavy atom. The Kier molecular flexibility index (Phi) is 16.5. The average Bonchev–Trinajstić information content (AvgIpc) is 3.89. The van der Waals surface area contributed by atoms with E-state index in [0.29, 0.717) is 5.92 Å². The Balaban J connectivity index is 0.00000135. The molecule has 12 unspecified atom stereocenters. The Morgan fingerprint density at radius 2 is 1.32 bits per heavy atom. The molecule has 4 fully saturated rings. The maximum absolute atomic E-state index is 2.74. The van der Waals surface area contributed by atoms with Gasteiger partial charge in [0.25, 0.3) is 0 Å². The summed E-state index contributed by atoms with van der Waals surface area (Å²) in [6, 6.07) is 34.0. The molecule has 0 amide bonds. The van der Waals surface area contributed by atoms with Crippen LogP contribution >= 0.6 is 0 Å². The fourth-order valence-electron chi connectivity index (χ4n) is 12.5. The molecule has 0 spiro atoms. The Morgan fingerprint density at radius 1 is 0.660 bits per heavy atom. The zero-order chi connectivity index (χ0) is 30.3. The van der Waals surface area contributed by atoms with E-state index in [1.807, 2.05) is 10.4 Å². The SMILES string of the molecule is CCCCC1CCC([SiH](c2ccccc2)[SiH](c2ccccc2)C2C(C)CC3C2CC2CCCC2C3C2C=Cc3ccccc32)C1.[CH3-].[CH3-].[CH3-].[CH3-].[Zr+4]. The van der Waals surface area contributed by atoms with E-state index >= 15 is 0 Å². The van der Waals surface area contributed by atoms with Gasteiger partial charge in [-0.3, -0.25) is 0 Å². The van der Waals surface area contributed by atoms with Crippen LogP contribution in [0.5, 0.6) is 0 Å². The minimum atomic E-state index is -1.29. The number of hydrogen-bond acceptors (Lipinski definition) is 0. The molecular weight excluding hydrogens is 712 g/mol. The van der Waals surface area contributed by atoms with Gasteiger partial charge in [0.1, 0.15) is 0 Å². The van der Waals surface area contributed by atoms with Crippen LogP contribution in [0.4, 0.5) is 0 Å². The van der Waals surface area contributed by atoms with Crippen LogP contribution in [0, 0.1) is 71.1 Å². The molecule has 0 N–H and O–H groups in total. The van der Waals surface area contributed by atoms with Crippen molar-refractivity contribution < 1.29 is 26.2 Å². The van der Waals surface area contributed by atoms with E-state index in [1.54, 1.807) is 12.0 Å². The van der Waals surface area contributed by atoms with Crippen molar-refractivity contribution in [2.45, 2.75) is 101 Å². The molecule has 8 rings (SSSR count). The second-order valence-corrected chi connectivity index (χ2v) is 25.7. The van der Waals surface area contributed by atoms with Crippen LogP contribution in [0.25, 0.3) is 6.08 Å². The molecule has 3 aromatic carbocycles. The molecular formula is C47H68Si2Zr. The summed E-state index contributed by atoms with van der Waals surface area (Å²) in [6.45, 7) is 5.13. The number of fused-ring (bicyclic) bond motifs is 3. The Bertz CT molecular complexity index is 1450. The summed E-state index contributed by atoms with van der Waals surface area (Å²) < 4.78 is 0. The number of hydrogen-bond donors (Lipinski definition) is 0. The molecule has 0 bridgehead atoms. The molecule has 3 aromatic rings. The van der Waals surface area contributed by atoms with Crippen LogP contribution in [0.3, 0.4) is 0 Å². The van der Waals surface area contributed by atoms with E-state index in [1.165, 1.54) is 69.8 Å². The van der Waals surface area contributed by atoms with Gasteiger partial charge in [-0.1, -0.05) is 173 Å². The standard InChI is InChI=1S/C43H56Si2.4CH3.Zr/c1-3-4-14-31-23-25-36(28-31)44(34-17-7-5-8-18-34)45(35-19-9-6-10-20-35)43-30(2)27-40-41(43)29-33-16-13-22-38(33)42(40)39-26-24-32-15-11-12-21-37(32)39;;;;;/h5-12,15,17-21,24,26,30-31,33,36,38-45H,3-4,13-14,16,22-23,25,27-29H2,1-2H3;4*1H3;/q;4*-1;+4. The molecule has 12 atom stereocenters. The van der Waals surface area contributed by atoms with E-state index in [-0.39, 0.29) is 55.9 Å². The third-order valence-electron chi connectivity index (χ3n) is 14.1. The first kappa shape index (κ1) is 43.1. The zero-order valence-corrected chi connectivity index (χ0v) is 37.2. The maximum atomic E-state index is 2.74. The van der Waals surface area contributed by atoms with E-state index in [4.69, 9.17) is 0 Å². The van der Waals surface area contributed by atoms with Gasteiger partial charge in [-0.05, 0) is 82.9 Å². The van der Waals surface area contributed by atoms with Crippen molar-refractivity contribution in [2.24, 2.45) is 41.4 Å². The van der Waals surface area contributed by atoms with Crippen molar-refractivity contribution in [3.63, 3.8) is 0 Å². The average molecular weight is 780 g/mol. The number of unbranched alkanes of at least 4 members (excludes halogenated alkanes) is 1. The number of rotatable bonds is 9. The first-order valence-electron chi connectivity index (χ1n) is 19.1. The molecule has 50 heavy (non-hydrogen) atoms. The topological polar surface area (TPSA) is 0 Å². The fourth-order valence-corrected chi connectivity index (χ4v) is 29.9. The van der Waals surface area contributed by atoms with E-state index in [2.05, 4.69) is 111 Å². The van der Waals surface area contributed by atoms with Crippen molar-refractivity contribution in [1.29, 1.82) is 0 Å². The van der Waals surface area contributed by atoms with E-state index < -0.39 is 16.6 Å². The predicted molar refractivity (Wildman–Crippen MR) is 224 cm³/mol. The van der Waals surface area contributed by atoms with Gasteiger partial charge in [-0.15, -0.1) is 0 Å². The van der Waals surface area contributed by atoms with Crippen molar-refractivity contribution in [1.82, 2.24) is 0 Å². The summed E-state index contributed by atoms with van der Waals surface area (Å²) >= 11 is 0. The maximum Gasteiger partial charge on any atom is 4.00 e. The van der Waals surface area contributed by atoms with Crippen LogP contribution in [0.15, 0.2) is 91.0 Å². The number of allylic oxidation sites excluding steroid dienone is 1. The monoisotopic (exact) mass is 778 g/mol. The number of benzene rings is 3. The van der Waals surface area contributed by atoms with Crippen molar-refractivity contribution in [3.05, 3.63) is 132 Å². The van der Waals surface area contributed by atoms with Crippen LogP contribution in [0.1, 0.15) is 102 Å². The molecule has 5 aliphatic rings. The third kappa shape index (κ3) is 8.11. The first-order chi connectivity index (χ1) is 22.2. The van der Waals surface area contributed by atoms with E-state index in [0.717, 1.165) is 52.5 Å². The van der Waals surface area contributed by atoms with Gasteiger partial charge in [0.15, 0.2) is 0 Å². The quantitative estimate of drug-likeness (QED) is 0.150. The summed E-state index contributed by atoms with van der Waals surface area (Å²) in [5.41, 5.74) is 5.13. The summed E-state index contributed by atoms with van der Waals surface area (Å²) in [5, 5.41) is 3.66. The first-order valence-corrected chi connectivity index (χ1v) is 24.2. The van der Waals surface area contributed by atoms with Crippen LogP contribution in [0.2, 0.25) is 11.1 Å². The molecule has 0 nitrogen and oxygen atoms in total. The van der Waals surface area contributed by atoms with Gasteiger partial charge >= 0.3 is 26.2 Å². The van der Waals surface area contributed by atoms with Crippen molar-refractivity contribution >= 4 is 33.1 Å². The van der Waals surface area contributed by atoms with Gasteiger partial charge in [0, 0.05) is 5.92 Å². The van der Waals surface area contributed by atoms with E-state index in [9.17, 15) is 0 Å². The fraction of sp³-hybridized carbons (Fsp3) is 0.489. The summed E-state index contributed by atoms with van der Waals surface area (Å²) in [6.07, 6.45) is 21.5. The zero-order valence-electron chi connectivity index (χ0n) is 32.4. The summed E-state index contributed by atoms with van der Waals surface area (Å²) in [4.78, 5) is 0. The van der Waals surface area contributed by atoms with Crippen LogP contribution in [-0.4, -0.2) is 16.6 Å².